The maximum atomic E-state index is 10.3. The van der Waals surface area contributed by atoms with Crippen LogP contribution >= 0.6 is 0 Å². The topological polar surface area (TPSA) is 98.0 Å². The van der Waals surface area contributed by atoms with Crippen molar-refractivity contribution in [1.29, 1.82) is 0 Å². The maximum Gasteiger partial charge on any atom is 0.303 e. The van der Waals surface area contributed by atoms with Gasteiger partial charge in [-0.1, -0.05) is 64.7 Å². The number of aliphatic hydroxyl groups excluding tert-OH is 3. The summed E-state index contributed by atoms with van der Waals surface area (Å²) in [6, 6.07) is 0. The first-order chi connectivity index (χ1) is 11.1. The van der Waals surface area contributed by atoms with E-state index in [1.54, 1.807) is 0 Å². The van der Waals surface area contributed by atoms with Crippen LogP contribution in [-0.4, -0.2) is 45.7 Å². The van der Waals surface area contributed by atoms with Crippen LogP contribution in [0.1, 0.15) is 90.4 Å². The van der Waals surface area contributed by atoms with Crippen molar-refractivity contribution in [2.75, 3.05) is 13.2 Å². The lowest BCUT2D eigenvalue weighted by Crippen LogP contribution is -2.05. The SMILES string of the molecule is CCCCCCCC(O)CCCCCCCC(=O)O.OCCO. The molecule has 0 aliphatic heterocycles. The second kappa shape index (κ2) is 21.4. The van der Waals surface area contributed by atoms with E-state index in [-0.39, 0.29) is 19.3 Å². The highest BCUT2D eigenvalue weighted by molar-refractivity contribution is 5.66. The van der Waals surface area contributed by atoms with Gasteiger partial charge in [-0.15, -0.1) is 0 Å². The van der Waals surface area contributed by atoms with Gasteiger partial charge in [-0.05, 0) is 19.3 Å². The Balaban J connectivity index is 0. The molecule has 0 rings (SSSR count). The Kier molecular flexibility index (Phi) is 22.8. The highest BCUT2D eigenvalue weighted by atomic mass is 16.4. The van der Waals surface area contributed by atoms with Crippen molar-refractivity contribution in [3.05, 3.63) is 0 Å². The Morgan fingerprint density at radius 1 is 0.783 bits per heavy atom. The van der Waals surface area contributed by atoms with E-state index >= 15 is 0 Å². The van der Waals surface area contributed by atoms with Crippen molar-refractivity contribution < 1.29 is 25.2 Å². The lowest BCUT2D eigenvalue weighted by molar-refractivity contribution is -0.137. The molecule has 0 aromatic carbocycles. The third-order valence-electron chi connectivity index (χ3n) is 3.67. The molecule has 0 saturated carbocycles. The smallest absolute Gasteiger partial charge is 0.303 e. The Hall–Kier alpha value is -0.650. The van der Waals surface area contributed by atoms with Gasteiger partial charge in [0, 0.05) is 6.42 Å². The molecule has 0 aromatic rings. The molecule has 4 N–H and O–H groups in total. The fraction of sp³-hybridized carbons (Fsp3) is 0.944. The zero-order valence-electron chi connectivity index (χ0n) is 14.9. The van der Waals surface area contributed by atoms with E-state index in [1.165, 1.54) is 25.7 Å². The van der Waals surface area contributed by atoms with Gasteiger partial charge >= 0.3 is 5.97 Å². The summed E-state index contributed by atoms with van der Waals surface area (Å²) in [5.41, 5.74) is 0. The van der Waals surface area contributed by atoms with Crippen LogP contribution in [0.2, 0.25) is 0 Å². The normalized spacial score (nSPS) is 11.7. The Bertz CT molecular complexity index is 231. The maximum absolute atomic E-state index is 10.3. The number of carboxylic acids is 1. The van der Waals surface area contributed by atoms with E-state index < -0.39 is 5.97 Å². The van der Waals surface area contributed by atoms with Crippen LogP contribution in [0, 0.1) is 0 Å². The molecule has 0 heterocycles. The molecule has 0 spiro atoms. The van der Waals surface area contributed by atoms with E-state index in [1.807, 2.05) is 0 Å². The zero-order valence-corrected chi connectivity index (χ0v) is 14.9. The highest BCUT2D eigenvalue weighted by Gasteiger charge is 2.03. The Labute approximate surface area is 141 Å². The Morgan fingerprint density at radius 2 is 1.22 bits per heavy atom. The molecule has 0 aliphatic rings. The molecule has 0 fully saturated rings. The minimum absolute atomic E-state index is 0.124. The number of rotatable bonds is 15. The fourth-order valence-corrected chi connectivity index (χ4v) is 2.31. The summed E-state index contributed by atoms with van der Waals surface area (Å²) >= 11 is 0. The molecule has 0 aliphatic carbocycles. The lowest BCUT2D eigenvalue weighted by atomic mass is 10.0. The molecule has 0 bridgehead atoms. The van der Waals surface area contributed by atoms with Crippen LogP contribution in [0.3, 0.4) is 0 Å². The number of unbranched alkanes of at least 4 members (excludes halogenated alkanes) is 8. The van der Waals surface area contributed by atoms with Gasteiger partial charge in [-0.3, -0.25) is 4.79 Å². The van der Waals surface area contributed by atoms with E-state index in [9.17, 15) is 9.90 Å². The summed E-state index contributed by atoms with van der Waals surface area (Å²) < 4.78 is 0. The number of hydrogen-bond acceptors (Lipinski definition) is 4. The fourth-order valence-electron chi connectivity index (χ4n) is 2.31. The van der Waals surface area contributed by atoms with Gasteiger partial charge in [0.15, 0.2) is 0 Å². The van der Waals surface area contributed by atoms with Gasteiger partial charge in [0.05, 0.1) is 19.3 Å². The third kappa shape index (κ3) is 26.6. The summed E-state index contributed by atoms with van der Waals surface area (Å²) in [5.74, 6) is -0.696. The summed E-state index contributed by atoms with van der Waals surface area (Å²) in [7, 11) is 0. The monoisotopic (exact) mass is 334 g/mol. The second-order valence-corrected chi connectivity index (χ2v) is 6.00. The van der Waals surface area contributed by atoms with Gasteiger partial charge in [0.2, 0.25) is 0 Å². The van der Waals surface area contributed by atoms with Gasteiger partial charge in [-0.2, -0.15) is 0 Å². The predicted octanol–water partition coefficient (Wildman–Crippen LogP) is 3.49. The Morgan fingerprint density at radius 3 is 1.65 bits per heavy atom. The molecule has 23 heavy (non-hydrogen) atoms. The van der Waals surface area contributed by atoms with E-state index in [2.05, 4.69) is 6.92 Å². The number of aliphatic hydroxyl groups is 3. The molecule has 0 amide bonds. The van der Waals surface area contributed by atoms with Crippen molar-refractivity contribution in [2.45, 2.75) is 96.5 Å². The molecule has 5 heteroatoms. The van der Waals surface area contributed by atoms with Crippen LogP contribution in [0.5, 0.6) is 0 Å². The van der Waals surface area contributed by atoms with E-state index in [4.69, 9.17) is 15.3 Å². The number of hydrogen-bond donors (Lipinski definition) is 4. The zero-order chi connectivity index (χ0) is 17.8. The molecule has 0 radical (unpaired) electrons. The van der Waals surface area contributed by atoms with Crippen molar-refractivity contribution in [1.82, 2.24) is 0 Å². The average Bonchev–Trinajstić information content (AvgIpc) is 2.53. The molecule has 140 valence electrons. The van der Waals surface area contributed by atoms with E-state index in [0.29, 0.717) is 6.42 Å². The van der Waals surface area contributed by atoms with Gasteiger partial charge in [-0.25, -0.2) is 0 Å². The lowest BCUT2D eigenvalue weighted by Gasteiger charge is -2.10. The van der Waals surface area contributed by atoms with Gasteiger partial charge in [0.1, 0.15) is 0 Å². The van der Waals surface area contributed by atoms with Crippen molar-refractivity contribution in [2.24, 2.45) is 0 Å². The highest BCUT2D eigenvalue weighted by Crippen LogP contribution is 2.13. The first-order valence-corrected chi connectivity index (χ1v) is 9.20. The molecule has 1 unspecified atom stereocenters. The molecule has 0 aromatic heterocycles. The molecule has 0 saturated heterocycles. The van der Waals surface area contributed by atoms with Gasteiger partial charge in [0.25, 0.3) is 0 Å². The van der Waals surface area contributed by atoms with E-state index in [0.717, 1.165) is 51.4 Å². The second-order valence-electron chi connectivity index (χ2n) is 6.00. The minimum atomic E-state index is -0.696. The summed E-state index contributed by atoms with van der Waals surface area (Å²) in [6.45, 7) is 1.96. The number of aliphatic carboxylic acids is 1. The predicted molar refractivity (Wildman–Crippen MR) is 93.5 cm³/mol. The summed E-state index contributed by atoms with van der Waals surface area (Å²) in [6.07, 6.45) is 13.4. The average molecular weight is 334 g/mol. The minimum Gasteiger partial charge on any atom is -0.481 e. The quantitative estimate of drug-likeness (QED) is 0.344. The molecule has 5 nitrogen and oxygen atoms in total. The first-order valence-electron chi connectivity index (χ1n) is 9.20. The largest absolute Gasteiger partial charge is 0.481 e. The van der Waals surface area contributed by atoms with Gasteiger partial charge < -0.3 is 20.4 Å². The first kappa shape index (κ1) is 24.6. The summed E-state index contributed by atoms with van der Waals surface area (Å²) in [5, 5.41) is 33.5. The molecular weight excluding hydrogens is 296 g/mol. The van der Waals surface area contributed by atoms with Crippen LogP contribution in [-0.2, 0) is 4.79 Å². The van der Waals surface area contributed by atoms with Crippen LogP contribution in [0.25, 0.3) is 0 Å². The molecule has 1 atom stereocenters. The number of carbonyl (C=O) groups is 1. The number of carboxylic acid groups (broad SMARTS) is 1. The third-order valence-corrected chi connectivity index (χ3v) is 3.67. The van der Waals surface area contributed by atoms with Crippen LogP contribution in [0.15, 0.2) is 0 Å². The van der Waals surface area contributed by atoms with Crippen molar-refractivity contribution in [3.63, 3.8) is 0 Å². The van der Waals surface area contributed by atoms with Crippen LogP contribution in [0.4, 0.5) is 0 Å². The van der Waals surface area contributed by atoms with Crippen molar-refractivity contribution in [3.8, 4) is 0 Å². The standard InChI is InChI=1S/C16H32O3.C2H6O2/c1-2-3-4-6-9-12-15(17)13-10-7-5-8-11-14-16(18)19;3-1-2-4/h15,17H,2-14H2,1H3,(H,18,19);3-4H,1-2H2. The van der Waals surface area contributed by atoms with Crippen molar-refractivity contribution >= 4 is 5.97 Å². The summed E-state index contributed by atoms with van der Waals surface area (Å²) in [4.78, 5) is 10.3. The molecular formula is C18H38O5. The van der Waals surface area contributed by atoms with Crippen LogP contribution < -0.4 is 0 Å².